The summed E-state index contributed by atoms with van der Waals surface area (Å²) in [4.78, 5) is 0. The van der Waals surface area contributed by atoms with E-state index in [4.69, 9.17) is 0 Å². The highest BCUT2D eigenvalue weighted by atomic mass is 32.2. The van der Waals surface area contributed by atoms with Crippen LogP contribution < -0.4 is 0 Å². The molecule has 0 heterocycles. The Kier molecular flexibility index (Phi) is 3.32. The standard InChI is InChI=1S/C11H12O2S/c1-10(2)14(12,13)9-8-11-6-4-3-5-7-11/h3-7,10H,1-2H3. The largest absolute Gasteiger partial charge is 0.219 e. The maximum absolute atomic E-state index is 11.3. The summed E-state index contributed by atoms with van der Waals surface area (Å²) < 4.78 is 22.7. The summed E-state index contributed by atoms with van der Waals surface area (Å²) in [5.41, 5.74) is 0.719. The van der Waals surface area contributed by atoms with Crippen LogP contribution in [0.15, 0.2) is 30.3 Å². The summed E-state index contributed by atoms with van der Waals surface area (Å²) in [6.07, 6.45) is 0. The molecule has 1 rings (SSSR count). The Hall–Kier alpha value is -1.27. The maximum atomic E-state index is 11.3. The lowest BCUT2D eigenvalue weighted by atomic mass is 10.2. The molecule has 0 saturated heterocycles. The number of rotatable bonds is 1. The second-order valence-corrected chi connectivity index (χ2v) is 5.42. The van der Waals surface area contributed by atoms with Crippen LogP contribution >= 0.6 is 0 Å². The molecule has 0 amide bonds. The summed E-state index contributed by atoms with van der Waals surface area (Å²) in [6.45, 7) is 3.24. The van der Waals surface area contributed by atoms with E-state index in [2.05, 4.69) is 11.2 Å². The Morgan fingerprint density at radius 2 is 1.71 bits per heavy atom. The molecule has 2 nitrogen and oxygen atoms in total. The first-order valence-corrected chi connectivity index (χ1v) is 5.88. The number of hydrogen-bond donors (Lipinski definition) is 0. The lowest BCUT2D eigenvalue weighted by Gasteiger charge is -1.97. The van der Waals surface area contributed by atoms with Gasteiger partial charge in [-0.2, -0.15) is 0 Å². The quantitative estimate of drug-likeness (QED) is 0.660. The van der Waals surface area contributed by atoms with E-state index >= 15 is 0 Å². The van der Waals surface area contributed by atoms with E-state index in [1.165, 1.54) is 0 Å². The SMILES string of the molecule is CC(C)S(=O)(=O)C#Cc1ccccc1. The average molecular weight is 208 g/mol. The summed E-state index contributed by atoms with van der Waals surface area (Å²) in [5.74, 6) is 2.63. The average Bonchev–Trinajstić information content (AvgIpc) is 2.16. The van der Waals surface area contributed by atoms with Crippen molar-refractivity contribution in [2.24, 2.45) is 0 Å². The Morgan fingerprint density at radius 1 is 1.14 bits per heavy atom. The van der Waals surface area contributed by atoms with Crippen LogP contribution in [0.3, 0.4) is 0 Å². The van der Waals surface area contributed by atoms with Crippen LogP contribution in [0.4, 0.5) is 0 Å². The third kappa shape index (κ3) is 2.90. The van der Waals surface area contributed by atoms with E-state index in [1.54, 1.807) is 26.0 Å². The molecular formula is C11H12O2S. The third-order valence-corrected chi connectivity index (χ3v) is 3.36. The van der Waals surface area contributed by atoms with Crippen molar-refractivity contribution in [1.29, 1.82) is 0 Å². The number of sulfone groups is 1. The van der Waals surface area contributed by atoms with Crippen molar-refractivity contribution >= 4 is 9.84 Å². The summed E-state index contributed by atoms with van der Waals surface area (Å²) in [6, 6.07) is 9.08. The lowest BCUT2D eigenvalue weighted by Crippen LogP contribution is -2.10. The van der Waals surface area contributed by atoms with Gasteiger partial charge in [0.1, 0.15) is 0 Å². The first-order chi connectivity index (χ1) is 6.52. The zero-order valence-electron chi connectivity index (χ0n) is 8.19. The molecule has 0 aliphatic rings. The molecular weight excluding hydrogens is 196 g/mol. The highest BCUT2D eigenvalue weighted by molar-refractivity contribution is 7.96. The second kappa shape index (κ2) is 4.30. The van der Waals surface area contributed by atoms with E-state index in [0.717, 1.165) is 5.56 Å². The van der Waals surface area contributed by atoms with Crippen LogP contribution in [0.5, 0.6) is 0 Å². The lowest BCUT2D eigenvalue weighted by molar-refractivity contribution is 0.598. The van der Waals surface area contributed by atoms with Crippen molar-refractivity contribution in [2.45, 2.75) is 19.1 Å². The molecule has 0 unspecified atom stereocenters. The van der Waals surface area contributed by atoms with Crippen molar-refractivity contribution in [3.05, 3.63) is 35.9 Å². The first-order valence-electron chi connectivity index (χ1n) is 4.34. The zero-order chi connectivity index (χ0) is 10.6. The van der Waals surface area contributed by atoms with Gasteiger partial charge in [0.05, 0.1) is 5.25 Å². The predicted octanol–water partition coefficient (Wildman–Crippen LogP) is 1.82. The molecule has 0 spiro atoms. The van der Waals surface area contributed by atoms with E-state index in [-0.39, 0.29) is 0 Å². The summed E-state index contributed by atoms with van der Waals surface area (Å²) in [7, 11) is -3.26. The molecule has 0 saturated carbocycles. The first kappa shape index (κ1) is 10.8. The molecule has 74 valence electrons. The number of benzene rings is 1. The smallest absolute Gasteiger partial charge is 0.215 e. The topological polar surface area (TPSA) is 34.1 Å². The Bertz CT molecular complexity index is 447. The van der Waals surface area contributed by atoms with Crippen LogP contribution in [0.2, 0.25) is 0 Å². The highest BCUT2D eigenvalue weighted by Crippen LogP contribution is 2.00. The van der Waals surface area contributed by atoms with Crippen LogP contribution in [0, 0.1) is 11.2 Å². The van der Waals surface area contributed by atoms with Gasteiger partial charge in [0, 0.05) is 10.8 Å². The predicted molar refractivity (Wildman–Crippen MR) is 57.4 cm³/mol. The van der Waals surface area contributed by atoms with Crippen molar-refractivity contribution in [3.8, 4) is 11.2 Å². The van der Waals surface area contributed by atoms with Crippen LogP contribution in [-0.4, -0.2) is 13.7 Å². The minimum absolute atomic E-state index is 0.446. The molecule has 0 aliphatic carbocycles. The Balaban J connectivity index is 2.96. The van der Waals surface area contributed by atoms with Crippen LogP contribution in [-0.2, 0) is 9.84 Å². The van der Waals surface area contributed by atoms with Gasteiger partial charge in [0.25, 0.3) is 0 Å². The molecule has 0 aliphatic heterocycles. The normalized spacial score (nSPS) is 10.8. The zero-order valence-corrected chi connectivity index (χ0v) is 9.01. The van der Waals surface area contributed by atoms with Gasteiger partial charge in [-0.1, -0.05) is 24.1 Å². The molecule has 3 heteroatoms. The number of hydrogen-bond acceptors (Lipinski definition) is 2. The highest BCUT2D eigenvalue weighted by Gasteiger charge is 2.11. The minimum atomic E-state index is -3.26. The Labute approximate surface area is 84.9 Å². The van der Waals surface area contributed by atoms with E-state index in [1.807, 2.05) is 18.2 Å². The van der Waals surface area contributed by atoms with Gasteiger partial charge >= 0.3 is 0 Å². The molecule has 0 aromatic heterocycles. The molecule has 0 fully saturated rings. The fraction of sp³-hybridized carbons (Fsp3) is 0.273. The monoisotopic (exact) mass is 208 g/mol. The third-order valence-electron chi connectivity index (χ3n) is 1.73. The van der Waals surface area contributed by atoms with Crippen molar-refractivity contribution in [3.63, 3.8) is 0 Å². The second-order valence-electron chi connectivity index (χ2n) is 3.19. The Morgan fingerprint density at radius 3 is 2.21 bits per heavy atom. The van der Waals surface area contributed by atoms with E-state index < -0.39 is 15.1 Å². The van der Waals surface area contributed by atoms with Gasteiger partial charge in [-0.3, -0.25) is 0 Å². The molecule has 0 bridgehead atoms. The van der Waals surface area contributed by atoms with Gasteiger partial charge < -0.3 is 0 Å². The van der Waals surface area contributed by atoms with Gasteiger partial charge in [-0.25, -0.2) is 8.42 Å². The molecule has 0 radical (unpaired) electrons. The van der Waals surface area contributed by atoms with Gasteiger partial charge in [-0.15, -0.1) is 0 Å². The maximum Gasteiger partial charge on any atom is 0.219 e. The molecule has 14 heavy (non-hydrogen) atoms. The van der Waals surface area contributed by atoms with E-state index in [9.17, 15) is 8.42 Å². The van der Waals surface area contributed by atoms with Crippen molar-refractivity contribution < 1.29 is 8.42 Å². The summed E-state index contributed by atoms with van der Waals surface area (Å²) >= 11 is 0. The van der Waals surface area contributed by atoms with Gasteiger partial charge in [0.2, 0.25) is 9.84 Å². The molecule has 0 N–H and O–H groups in total. The van der Waals surface area contributed by atoms with Gasteiger partial charge in [-0.05, 0) is 26.0 Å². The van der Waals surface area contributed by atoms with Crippen LogP contribution in [0.1, 0.15) is 19.4 Å². The van der Waals surface area contributed by atoms with E-state index in [0.29, 0.717) is 0 Å². The van der Waals surface area contributed by atoms with Crippen molar-refractivity contribution in [2.75, 3.05) is 0 Å². The van der Waals surface area contributed by atoms with Crippen LogP contribution in [0.25, 0.3) is 0 Å². The fourth-order valence-corrected chi connectivity index (χ4v) is 1.27. The molecule has 1 aromatic carbocycles. The molecule has 1 aromatic rings. The molecule has 0 atom stereocenters. The van der Waals surface area contributed by atoms with Gasteiger partial charge in [0.15, 0.2) is 0 Å². The fourth-order valence-electron chi connectivity index (χ4n) is 0.769. The summed E-state index contributed by atoms with van der Waals surface area (Å²) in [5, 5.41) is 1.85. The van der Waals surface area contributed by atoms with Crippen molar-refractivity contribution in [1.82, 2.24) is 0 Å². The minimum Gasteiger partial charge on any atom is -0.215 e.